The average Bonchev–Trinajstić information content (AvgIpc) is 2.86. The molecule has 0 bridgehead atoms. The highest BCUT2D eigenvalue weighted by Gasteiger charge is 2.45. The van der Waals surface area contributed by atoms with Gasteiger partial charge < -0.3 is 49.6 Å². The molecule has 2 aromatic rings. The van der Waals surface area contributed by atoms with Crippen LogP contribution in [0.2, 0.25) is 0 Å². The van der Waals surface area contributed by atoms with Crippen molar-refractivity contribution in [2.24, 2.45) is 0 Å². The number of aliphatic hydroxyl groups is 4. The zero-order valence-electron chi connectivity index (χ0n) is 20.4. The maximum atomic E-state index is 10.4. The van der Waals surface area contributed by atoms with Crippen LogP contribution in [0.1, 0.15) is 22.7 Å². The summed E-state index contributed by atoms with van der Waals surface area (Å²) in [6, 6.07) is 6.30. The molecule has 2 aliphatic rings. The van der Waals surface area contributed by atoms with Crippen molar-refractivity contribution < 1.29 is 49.6 Å². The van der Waals surface area contributed by atoms with Gasteiger partial charge >= 0.3 is 0 Å². The van der Waals surface area contributed by atoms with Gasteiger partial charge in [-0.2, -0.15) is 0 Å². The summed E-state index contributed by atoms with van der Waals surface area (Å²) in [5, 5.41) is 60.8. The molecule has 198 valence electrons. The SMILES string of the molecule is COc1cc(C[C@@H]2c3cc(OC)c(O)cc3CCN2C)c(O[C@@H]2O[C@H](CO)[C@@H](O)[C@H](O)[C@H]2O)cc1O. The zero-order valence-corrected chi connectivity index (χ0v) is 20.4. The number of likely N-dealkylation sites (N-methyl/N-ethyl adjacent to an activating group) is 1. The van der Waals surface area contributed by atoms with Gasteiger partial charge in [0.1, 0.15) is 30.2 Å². The topological polar surface area (TPSA) is 162 Å². The normalized spacial score (nSPS) is 28.4. The Bertz CT molecular complexity index is 1080. The standard InChI is InChI=1S/C25H33NO10/c1-26-5-4-12-7-16(28)20(34-3)9-14(12)15(26)6-13-8-19(33-2)17(29)10-18(13)35-25-24(32)23(31)22(30)21(11-27)36-25/h7-10,15,21-25,27-32H,4-6,11H2,1-3H3/t15-,21-,22-,23+,24-,25-/m1/s1. The quantitative estimate of drug-likeness (QED) is 0.301. The lowest BCUT2D eigenvalue weighted by molar-refractivity contribution is -0.277. The van der Waals surface area contributed by atoms with E-state index in [1.165, 1.54) is 20.3 Å². The van der Waals surface area contributed by atoms with Gasteiger partial charge in [-0.25, -0.2) is 0 Å². The first-order valence-electron chi connectivity index (χ1n) is 11.7. The van der Waals surface area contributed by atoms with Gasteiger partial charge in [0.2, 0.25) is 6.29 Å². The van der Waals surface area contributed by atoms with E-state index >= 15 is 0 Å². The number of hydrogen-bond acceptors (Lipinski definition) is 11. The lowest BCUT2D eigenvalue weighted by Gasteiger charge is -2.40. The molecule has 0 aliphatic carbocycles. The summed E-state index contributed by atoms with van der Waals surface area (Å²) in [6.45, 7) is 0.144. The van der Waals surface area contributed by atoms with Crippen LogP contribution in [0.5, 0.6) is 28.7 Å². The van der Waals surface area contributed by atoms with E-state index in [-0.39, 0.29) is 29.0 Å². The zero-order chi connectivity index (χ0) is 26.1. The van der Waals surface area contributed by atoms with Crippen molar-refractivity contribution in [2.75, 3.05) is 34.4 Å². The largest absolute Gasteiger partial charge is 0.504 e. The van der Waals surface area contributed by atoms with E-state index in [0.717, 1.165) is 24.1 Å². The molecule has 36 heavy (non-hydrogen) atoms. The van der Waals surface area contributed by atoms with E-state index in [0.29, 0.717) is 17.7 Å². The molecule has 1 fully saturated rings. The minimum absolute atomic E-state index is 0.0671. The van der Waals surface area contributed by atoms with Crippen molar-refractivity contribution >= 4 is 0 Å². The van der Waals surface area contributed by atoms with E-state index in [4.69, 9.17) is 18.9 Å². The van der Waals surface area contributed by atoms with Crippen molar-refractivity contribution in [2.45, 2.75) is 49.6 Å². The predicted molar refractivity (Wildman–Crippen MR) is 126 cm³/mol. The first-order valence-corrected chi connectivity index (χ1v) is 11.7. The summed E-state index contributed by atoms with van der Waals surface area (Å²) in [5.74, 6) is 0.606. The Morgan fingerprint density at radius 2 is 1.58 bits per heavy atom. The Balaban J connectivity index is 1.70. The van der Waals surface area contributed by atoms with Crippen LogP contribution >= 0.6 is 0 Å². The second-order valence-corrected chi connectivity index (χ2v) is 9.12. The fourth-order valence-corrected chi connectivity index (χ4v) is 4.80. The molecule has 2 aliphatic heterocycles. The number of hydrogen-bond donors (Lipinski definition) is 6. The van der Waals surface area contributed by atoms with Gasteiger partial charge in [-0.05, 0) is 49.2 Å². The van der Waals surface area contributed by atoms with Gasteiger partial charge in [-0.3, -0.25) is 4.90 Å². The van der Waals surface area contributed by atoms with E-state index in [9.17, 15) is 30.6 Å². The van der Waals surface area contributed by atoms with E-state index < -0.39 is 37.3 Å². The molecular formula is C25H33NO10. The van der Waals surface area contributed by atoms with Gasteiger partial charge in [-0.1, -0.05) is 0 Å². The smallest absolute Gasteiger partial charge is 0.229 e. The first-order chi connectivity index (χ1) is 17.2. The third kappa shape index (κ3) is 4.90. The van der Waals surface area contributed by atoms with Crippen LogP contribution in [-0.4, -0.2) is 101 Å². The van der Waals surface area contributed by atoms with Crippen molar-refractivity contribution in [3.63, 3.8) is 0 Å². The summed E-state index contributed by atoms with van der Waals surface area (Å²) in [4.78, 5) is 2.15. The Kier molecular flexibility index (Phi) is 7.79. The number of aliphatic hydroxyl groups excluding tert-OH is 4. The van der Waals surface area contributed by atoms with Crippen LogP contribution in [0.25, 0.3) is 0 Å². The number of phenols is 2. The molecule has 6 N–H and O–H groups in total. The highest BCUT2D eigenvalue weighted by Crippen LogP contribution is 2.42. The minimum Gasteiger partial charge on any atom is -0.504 e. The van der Waals surface area contributed by atoms with Gasteiger partial charge in [0.25, 0.3) is 0 Å². The Morgan fingerprint density at radius 3 is 2.25 bits per heavy atom. The van der Waals surface area contributed by atoms with E-state index in [1.807, 2.05) is 7.05 Å². The molecule has 11 nitrogen and oxygen atoms in total. The number of phenolic OH excluding ortho intramolecular Hbond substituents is 2. The number of ether oxygens (including phenoxy) is 4. The van der Waals surface area contributed by atoms with Crippen LogP contribution in [0, 0.1) is 0 Å². The van der Waals surface area contributed by atoms with Gasteiger partial charge in [0, 0.05) is 24.2 Å². The molecule has 11 heteroatoms. The van der Waals surface area contributed by atoms with Crippen LogP contribution in [0.4, 0.5) is 0 Å². The molecule has 0 unspecified atom stereocenters. The van der Waals surface area contributed by atoms with Crippen molar-refractivity contribution in [1.82, 2.24) is 4.90 Å². The van der Waals surface area contributed by atoms with Crippen LogP contribution < -0.4 is 14.2 Å². The number of aromatic hydroxyl groups is 2. The summed E-state index contributed by atoms with van der Waals surface area (Å²) in [6.07, 6.45) is -6.15. The van der Waals surface area contributed by atoms with Crippen LogP contribution in [-0.2, 0) is 17.6 Å². The molecule has 0 radical (unpaired) electrons. The average molecular weight is 508 g/mol. The van der Waals surface area contributed by atoms with Gasteiger partial charge in [0.15, 0.2) is 23.0 Å². The molecule has 4 rings (SSSR count). The summed E-state index contributed by atoms with van der Waals surface area (Å²) >= 11 is 0. The fraction of sp³-hybridized carbons (Fsp3) is 0.520. The molecule has 0 spiro atoms. The molecule has 1 saturated heterocycles. The van der Waals surface area contributed by atoms with Crippen molar-refractivity contribution in [3.8, 4) is 28.7 Å². The van der Waals surface area contributed by atoms with Crippen LogP contribution in [0.15, 0.2) is 24.3 Å². The number of nitrogens with zero attached hydrogens (tertiary/aromatic N) is 1. The Labute approximate surface area is 208 Å². The van der Waals surface area contributed by atoms with Crippen LogP contribution in [0.3, 0.4) is 0 Å². The fourth-order valence-electron chi connectivity index (χ4n) is 4.80. The highest BCUT2D eigenvalue weighted by atomic mass is 16.7. The molecular weight excluding hydrogens is 474 g/mol. The second kappa shape index (κ2) is 10.7. The van der Waals surface area contributed by atoms with Crippen molar-refractivity contribution in [3.05, 3.63) is 41.0 Å². The maximum Gasteiger partial charge on any atom is 0.229 e. The summed E-state index contributed by atoms with van der Waals surface area (Å²) in [5.41, 5.74) is 2.56. The third-order valence-corrected chi connectivity index (χ3v) is 6.93. The molecule has 0 amide bonds. The predicted octanol–water partition coefficient (Wildman–Crippen LogP) is 0.0654. The molecule has 2 heterocycles. The monoisotopic (exact) mass is 507 g/mol. The lowest BCUT2D eigenvalue weighted by atomic mass is 9.88. The lowest BCUT2D eigenvalue weighted by Crippen LogP contribution is -2.60. The number of benzene rings is 2. The number of fused-ring (bicyclic) bond motifs is 1. The highest BCUT2D eigenvalue weighted by molar-refractivity contribution is 5.52. The third-order valence-electron chi connectivity index (χ3n) is 6.93. The maximum absolute atomic E-state index is 10.4. The van der Waals surface area contributed by atoms with Crippen molar-refractivity contribution in [1.29, 1.82) is 0 Å². The van der Waals surface area contributed by atoms with Gasteiger partial charge in [-0.15, -0.1) is 0 Å². The van der Waals surface area contributed by atoms with E-state index in [1.54, 1.807) is 18.2 Å². The molecule has 2 aromatic carbocycles. The number of rotatable bonds is 7. The molecule has 0 saturated carbocycles. The number of methoxy groups -OCH3 is 2. The molecule has 0 aromatic heterocycles. The van der Waals surface area contributed by atoms with E-state index in [2.05, 4.69) is 4.90 Å². The molecule has 6 atom stereocenters. The first kappa shape index (κ1) is 26.3. The minimum atomic E-state index is -1.61. The second-order valence-electron chi connectivity index (χ2n) is 9.12. The van der Waals surface area contributed by atoms with Gasteiger partial charge in [0.05, 0.1) is 20.8 Å². The Hall–Kier alpha value is -2.80. The Morgan fingerprint density at radius 1 is 0.917 bits per heavy atom. The summed E-state index contributed by atoms with van der Waals surface area (Å²) in [7, 11) is 4.88. The summed E-state index contributed by atoms with van der Waals surface area (Å²) < 4.78 is 22.0.